The van der Waals surface area contributed by atoms with Crippen molar-refractivity contribution in [3.8, 4) is 0 Å². The SMILES string of the molecule is CO[C@@H]1[C@H]([C@@]2(C)O[C@H]2CC=C(C)C)[C@](C)(O)CC[C@H]1OC(=O)/C=C/C=C/C=C/C=C/C(=O)O. The van der Waals surface area contributed by atoms with E-state index in [1.54, 1.807) is 44.4 Å². The number of carbonyl (C=O) groups excluding carboxylic acids is 1. The maximum Gasteiger partial charge on any atom is 0.331 e. The van der Waals surface area contributed by atoms with E-state index in [1.165, 1.54) is 17.7 Å². The molecule has 0 aromatic rings. The van der Waals surface area contributed by atoms with E-state index >= 15 is 0 Å². The number of epoxide rings is 1. The Balaban J connectivity index is 2.01. The van der Waals surface area contributed by atoms with Gasteiger partial charge < -0.3 is 24.4 Å². The molecule has 7 nitrogen and oxygen atoms in total. The minimum absolute atomic E-state index is 0.0144. The molecule has 1 saturated heterocycles. The molecule has 2 N–H and O–H groups in total. The number of aliphatic carboxylic acids is 1. The van der Waals surface area contributed by atoms with Gasteiger partial charge in [0.05, 0.1) is 11.7 Å². The second-order valence-corrected chi connectivity index (χ2v) is 9.18. The molecular formula is C26H36O7. The van der Waals surface area contributed by atoms with Crippen molar-refractivity contribution in [3.63, 3.8) is 0 Å². The van der Waals surface area contributed by atoms with Gasteiger partial charge in [-0.15, -0.1) is 0 Å². The average molecular weight is 461 g/mol. The van der Waals surface area contributed by atoms with Gasteiger partial charge in [0.15, 0.2) is 0 Å². The number of hydrogen-bond donors (Lipinski definition) is 2. The molecule has 0 radical (unpaired) electrons. The van der Waals surface area contributed by atoms with Crippen molar-refractivity contribution in [3.05, 3.63) is 60.3 Å². The first kappa shape index (κ1) is 26.8. The van der Waals surface area contributed by atoms with E-state index in [1.807, 2.05) is 20.8 Å². The molecule has 2 fully saturated rings. The van der Waals surface area contributed by atoms with Gasteiger partial charge in [0.25, 0.3) is 0 Å². The van der Waals surface area contributed by atoms with Gasteiger partial charge in [0.2, 0.25) is 0 Å². The number of rotatable bonds is 10. The van der Waals surface area contributed by atoms with Crippen LogP contribution in [0, 0.1) is 5.92 Å². The number of carbonyl (C=O) groups is 2. The molecule has 0 bridgehead atoms. The minimum Gasteiger partial charge on any atom is -0.478 e. The molecule has 7 heteroatoms. The largest absolute Gasteiger partial charge is 0.478 e. The van der Waals surface area contributed by atoms with Crippen molar-refractivity contribution in [1.29, 1.82) is 0 Å². The Labute approximate surface area is 196 Å². The van der Waals surface area contributed by atoms with Crippen molar-refractivity contribution in [2.75, 3.05) is 7.11 Å². The second-order valence-electron chi connectivity index (χ2n) is 9.18. The van der Waals surface area contributed by atoms with Crippen LogP contribution in [-0.2, 0) is 23.8 Å². The zero-order valence-corrected chi connectivity index (χ0v) is 20.1. The van der Waals surface area contributed by atoms with Crippen LogP contribution in [0.3, 0.4) is 0 Å². The van der Waals surface area contributed by atoms with E-state index in [2.05, 4.69) is 6.08 Å². The Morgan fingerprint density at radius 1 is 1.06 bits per heavy atom. The van der Waals surface area contributed by atoms with Crippen LogP contribution in [0.1, 0.15) is 47.0 Å². The summed E-state index contributed by atoms with van der Waals surface area (Å²) in [5, 5.41) is 19.7. The van der Waals surface area contributed by atoms with Crippen LogP contribution in [0.15, 0.2) is 60.3 Å². The first-order chi connectivity index (χ1) is 15.5. The van der Waals surface area contributed by atoms with Gasteiger partial charge in [-0.2, -0.15) is 0 Å². The van der Waals surface area contributed by atoms with E-state index in [9.17, 15) is 14.7 Å². The zero-order valence-electron chi connectivity index (χ0n) is 20.1. The van der Waals surface area contributed by atoms with Gasteiger partial charge in [0.1, 0.15) is 17.8 Å². The summed E-state index contributed by atoms with van der Waals surface area (Å²) in [7, 11) is 1.57. The topological polar surface area (TPSA) is 106 Å². The quantitative estimate of drug-likeness (QED) is 0.167. The number of aliphatic hydroxyl groups is 1. The van der Waals surface area contributed by atoms with Gasteiger partial charge in [-0.3, -0.25) is 0 Å². The molecule has 1 heterocycles. The summed E-state index contributed by atoms with van der Waals surface area (Å²) in [6.45, 7) is 7.88. The summed E-state index contributed by atoms with van der Waals surface area (Å²) < 4.78 is 17.5. The molecule has 6 atom stereocenters. The highest BCUT2D eigenvalue weighted by molar-refractivity contribution is 5.82. The number of allylic oxidation sites excluding steroid dienone is 7. The summed E-state index contributed by atoms with van der Waals surface area (Å²) in [5.41, 5.74) is -0.342. The predicted molar refractivity (Wildman–Crippen MR) is 126 cm³/mol. The molecule has 182 valence electrons. The van der Waals surface area contributed by atoms with Crippen LogP contribution in [0.5, 0.6) is 0 Å². The third-order valence-electron chi connectivity index (χ3n) is 6.20. The second kappa shape index (κ2) is 11.6. The highest BCUT2D eigenvalue weighted by atomic mass is 16.6. The number of ether oxygens (including phenoxy) is 3. The van der Waals surface area contributed by atoms with Gasteiger partial charge in [0, 0.05) is 25.2 Å². The summed E-state index contributed by atoms with van der Waals surface area (Å²) in [6, 6.07) is 0. The lowest BCUT2D eigenvalue weighted by Gasteiger charge is -2.47. The Kier molecular flexibility index (Phi) is 9.40. The van der Waals surface area contributed by atoms with Crippen molar-refractivity contribution >= 4 is 11.9 Å². The molecule has 0 aromatic carbocycles. The number of carboxylic acid groups (broad SMARTS) is 1. The monoisotopic (exact) mass is 460 g/mol. The molecule has 0 amide bonds. The molecule has 33 heavy (non-hydrogen) atoms. The molecule has 1 saturated carbocycles. The Morgan fingerprint density at radius 2 is 1.67 bits per heavy atom. The molecule has 0 aromatic heterocycles. The number of hydrogen-bond acceptors (Lipinski definition) is 6. The smallest absolute Gasteiger partial charge is 0.331 e. The first-order valence-electron chi connectivity index (χ1n) is 11.2. The van der Waals surface area contributed by atoms with E-state index in [0.29, 0.717) is 12.8 Å². The molecule has 2 rings (SSSR count). The first-order valence-corrected chi connectivity index (χ1v) is 11.2. The Hall–Kier alpha value is -2.48. The van der Waals surface area contributed by atoms with Gasteiger partial charge in [-0.1, -0.05) is 48.1 Å². The molecule has 1 aliphatic heterocycles. The van der Waals surface area contributed by atoms with Crippen LogP contribution in [0.25, 0.3) is 0 Å². The standard InChI is InChI=1S/C26H36O7/c1-18(2)14-15-20-26(4,33-20)24-23(31-5)19(16-17-25(24,3)30)32-22(29)13-11-9-7-6-8-10-12-21(27)28/h6-14,19-20,23-24,30H,15-17H2,1-5H3,(H,27,28)/b8-6+,9-7+,12-10+,13-11+/t19-,20+,23+,24+,25-,26+/m1/s1. The molecule has 0 spiro atoms. The van der Waals surface area contributed by atoms with Crippen molar-refractivity contribution < 1.29 is 34.0 Å². The van der Waals surface area contributed by atoms with Crippen LogP contribution in [0.2, 0.25) is 0 Å². The van der Waals surface area contributed by atoms with E-state index in [-0.39, 0.29) is 12.0 Å². The van der Waals surface area contributed by atoms with Gasteiger partial charge in [-0.05, 0) is 47.0 Å². The van der Waals surface area contributed by atoms with Crippen LogP contribution in [0.4, 0.5) is 0 Å². The minimum atomic E-state index is -1.02. The average Bonchev–Trinajstić information content (AvgIpc) is 3.39. The van der Waals surface area contributed by atoms with Crippen LogP contribution >= 0.6 is 0 Å². The summed E-state index contributed by atoms with van der Waals surface area (Å²) in [6.07, 6.45) is 14.7. The number of methoxy groups -OCH3 is 1. The molecule has 1 aliphatic carbocycles. The third kappa shape index (κ3) is 7.52. The van der Waals surface area contributed by atoms with Crippen LogP contribution in [-0.4, -0.2) is 58.8 Å². The normalized spacial score (nSPS) is 34.4. The lowest BCUT2D eigenvalue weighted by molar-refractivity contribution is -0.190. The zero-order chi connectivity index (χ0) is 24.6. The summed E-state index contributed by atoms with van der Waals surface area (Å²) in [4.78, 5) is 22.7. The highest BCUT2D eigenvalue weighted by Gasteiger charge is 2.66. The van der Waals surface area contributed by atoms with Crippen molar-refractivity contribution in [1.82, 2.24) is 0 Å². The predicted octanol–water partition coefficient (Wildman–Crippen LogP) is 3.90. The Morgan fingerprint density at radius 3 is 2.24 bits per heavy atom. The fourth-order valence-corrected chi connectivity index (χ4v) is 4.57. The summed E-state index contributed by atoms with van der Waals surface area (Å²) in [5.74, 6) is -1.85. The Bertz CT molecular complexity index is 845. The molecule has 2 aliphatic rings. The van der Waals surface area contributed by atoms with Crippen molar-refractivity contribution in [2.24, 2.45) is 5.92 Å². The lowest BCUT2D eigenvalue weighted by atomic mass is 9.66. The molecular weight excluding hydrogens is 424 g/mol. The number of esters is 1. The van der Waals surface area contributed by atoms with E-state index in [4.69, 9.17) is 19.3 Å². The van der Waals surface area contributed by atoms with Crippen LogP contribution < -0.4 is 0 Å². The lowest BCUT2D eigenvalue weighted by Crippen LogP contribution is -2.59. The fraction of sp³-hybridized carbons (Fsp3) is 0.538. The van der Waals surface area contributed by atoms with E-state index in [0.717, 1.165) is 12.5 Å². The number of carboxylic acids is 1. The maximum atomic E-state index is 12.4. The summed E-state index contributed by atoms with van der Waals surface area (Å²) >= 11 is 0. The van der Waals surface area contributed by atoms with Gasteiger partial charge in [-0.25, -0.2) is 9.59 Å². The maximum absolute atomic E-state index is 12.4. The van der Waals surface area contributed by atoms with E-state index < -0.39 is 35.3 Å². The third-order valence-corrected chi connectivity index (χ3v) is 6.20. The fourth-order valence-electron chi connectivity index (χ4n) is 4.57. The van der Waals surface area contributed by atoms with Gasteiger partial charge >= 0.3 is 11.9 Å². The van der Waals surface area contributed by atoms with Crippen molar-refractivity contribution in [2.45, 2.75) is 76.5 Å². The highest BCUT2D eigenvalue weighted by Crippen LogP contribution is 2.54. The molecule has 0 unspecified atom stereocenters.